The van der Waals surface area contributed by atoms with Crippen LogP contribution >= 0.6 is 11.6 Å². The standard InChI is InChI=1S/C23H24ClN7O/c1-2-12-30-13-15-31(16-14-30)21-17(24)6-3-7-18(21)28-22(32)19-8-4-9-20(27-19)29-23-25-10-5-11-26-23/h2-11H,1,12-16H2,(H,28,32)(H,25,26,27,29). The second-order valence-corrected chi connectivity index (χ2v) is 7.68. The lowest BCUT2D eigenvalue weighted by molar-refractivity contribution is 0.102. The second kappa shape index (κ2) is 10.2. The Labute approximate surface area is 192 Å². The van der Waals surface area contributed by atoms with Crippen molar-refractivity contribution in [2.24, 2.45) is 0 Å². The molecule has 0 radical (unpaired) electrons. The first kappa shape index (κ1) is 21.7. The number of amides is 1. The molecule has 3 aromatic rings. The van der Waals surface area contributed by atoms with Crippen LogP contribution in [0.1, 0.15) is 10.5 Å². The number of hydrogen-bond acceptors (Lipinski definition) is 7. The van der Waals surface area contributed by atoms with E-state index >= 15 is 0 Å². The van der Waals surface area contributed by atoms with E-state index in [9.17, 15) is 4.79 Å². The Morgan fingerprint density at radius 3 is 2.56 bits per heavy atom. The molecule has 0 unspecified atom stereocenters. The Balaban J connectivity index is 1.50. The molecule has 32 heavy (non-hydrogen) atoms. The monoisotopic (exact) mass is 449 g/mol. The van der Waals surface area contributed by atoms with Crippen molar-refractivity contribution in [2.45, 2.75) is 0 Å². The molecule has 0 spiro atoms. The lowest BCUT2D eigenvalue weighted by Gasteiger charge is -2.36. The fourth-order valence-electron chi connectivity index (χ4n) is 3.57. The summed E-state index contributed by atoms with van der Waals surface area (Å²) >= 11 is 6.54. The van der Waals surface area contributed by atoms with Gasteiger partial charge in [-0.3, -0.25) is 9.69 Å². The summed E-state index contributed by atoms with van der Waals surface area (Å²) in [7, 11) is 0. The summed E-state index contributed by atoms with van der Waals surface area (Å²) in [4.78, 5) is 30.1. The van der Waals surface area contributed by atoms with Crippen LogP contribution < -0.4 is 15.5 Å². The number of carbonyl (C=O) groups is 1. The molecule has 0 atom stereocenters. The molecule has 1 saturated heterocycles. The first-order valence-corrected chi connectivity index (χ1v) is 10.7. The maximum absolute atomic E-state index is 13.0. The second-order valence-electron chi connectivity index (χ2n) is 7.27. The minimum absolute atomic E-state index is 0.271. The van der Waals surface area contributed by atoms with E-state index in [1.165, 1.54) is 0 Å². The van der Waals surface area contributed by atoms with Gasteiger partial charge in [-0.05, 0) is 30.3 Å². The van der Waals surface area contributed by atoms with Crippen molar-refractivity contribution < 1.29 is 4.79 Å². The molecule has 1 aromatic carbocycles. The van der Waals surface area contributed by atoms with E-state index in [2.05, 4.69) is 42.0 Å². The summed E-state index contributed by atoms with van der Waals surface area (Å²) in [5, 5.41) is 6.57. The number of pyridine rings is 1. The minimum Gasteiger partial charge on any atom is -0.366 e. The van der Waals surface area contributed by atoms with Crippen molar-refractivity contribution in [3.8, 4) is 0 Å². The number of para-hydroxylation sites is 1. The lowest BCUT2D eigenvalue weighted by Crippen LogP contribution is -2.46. The third kappa shape index (κ3) is 5.22. The normalized spacial score (nSPS) is 14.1. The molecule has 8 nitrogen and oxygen atoms in total. The van der Waals surface area contributed by atoms with E-state index < -0.39 is 0 Å². The molecular formula is C23H24ClN7O. The van der Waals surface area contributed by atoms with Gasteiger partial charge in [-0.25, -0.2) is 15.0 Å². The molecule has 0 bridgehead atoms. The van der Waals surface area contributed by atoms with Gasteiger partial charge in [-0.15, -0.1) is 6.58 Å². The molecule has 1 aliphatic heterocycles. The van der Waals surface area contributed by atoms with Gasteiger partial charge in [0.2, 0.25) is 5.95 Å². The van der Waals surface area contributed by atoms with Crippen LogP contribution in [0, 0.1) is 0 Å². The number of aromatic nitrogens is 3. The van der Waals surface area contributed by atoms with Crippen molar-refractivity contribution in [2.75, 3.05) is 48.3 Å². The zero-order valence-corrected chi connectivity index (χ0v) is 18.3. The first-order valence-electron chi connectivity index (χ1n) is 10.3. The topological polar surface area (TPSA) is 86.3 Å². The summed E-state index contributed by atoms with van der Waals surface area (Å²) in [5.41, 5.74) is 1.76. The predicted molar refractivity (Wildman–Crippen MR) is 128 cm³/mol. The predicted octanol–water partition coefficient (Wildman–Crippen LogP) is 3.83. The average molecular weight is 450 g/mol. The van der Waals surface area contributed by atoms with Crippen molar-refractivity contribution in [1.29, 1.82) is 0 Å². The van der Waals surface area contributed by atoms with Crippen LogP contribution in [-0.4, -0.2) is 58.5 Å². The molecule has 1 fully saturated rings. The molecule has 4 rings (SSSR count). The lowest BCUT2D eigenvalue weighted by atomic mass is 10.2. The molecule has 9 heteroatoms. The summed E-state index contributed by atoms with van der Waals surface area (Å²) in [6, 6.07) is 12.4. The molecule has 0 aliphatic carbocycles. The maximum Gasteiger partial charge on any atom is 0.274 e. The average Bonchev–Trinajstić information content (AvgIpc) is 2.81. The van der Waals surface area contributed by atoms with E-state index in [1.54, 1.807) is 36.7 Å². The molecule has 3 heterocycles. The smallest absolute Gasteiger partial charge is 0.274 e. The quantitative estimate of drug-likeness (QED) is 0.530. The Morgan fingerprint density at radius 2 is 1.81 bits per heavy atom. The molecular weight excluding hydrogens is 426 g/mol. The Bertz CT molecular complexity index is 1080. The highest BCUT2D eigenvalue weighted by molar-refractivity contribution is 6.34. The van der Waals surface area contributed by atoms with E-state index in [-0.39, 0.29) is 11.6 Å². The highest BCUT2D eigenvalue weighted by atomic mass is 35.5. The van der Waals surface area contributed by atoms with E-state index in [4.69, 9.17) is 11.6 Å². The van der Waals surface area contributed by atoms with Crippen molar-refractivity contribution in [1.82, 2.24) is 19.9 Å². The van der Waals surface area contributed by atoms with Crippen molar-refractivity contribution in [3.05, 3.63) is 78.2 Å². The fraction of sp³-hybridized carbons (Fsp3) is 0.217. The van der Waals surface area contributed by atoms with Crippen LogP contribution in [0.25, 0.3) is 0 Å². The SMILES string of the molecule is C=CCN1CCN(c2c(Cl)cccc2NC(=O)c2cccc(Nc3ncccn3)n2)CC1. The van der Waals surface area contributed by atoms with Gasteiger partial charge in [0.05, 0.1) is 16.4 Å². The van der Waals surface area contributed by atoms with Gasteiger partial charge < -0.3 is 15.5 Å². The number of rotatable bonds is 7. The third-order valence-corrected chi connectivity index (χ3v) is 5.40. The van der Waals surface area contributed by atoms with Gasteiger partial charge >= 0.3 is 0 Å². The van der Waals surface area contributed by atoms with Gasteiger partial charge in [0.25, 0.3) is 5.91 Å². The number of nitrogens with one attached hydrogen (secondary N) is 2. The molecule has 2 N–H and O–H groups in total. The van der Waals surface area contributed by atoms with E-state index in [1.807, 2.05) is 24.3 Å². The number of hydrogen-bond donors (Lipinski definition) is 2. The Morgan fingerprint density at radius 1 is 1.06 bits per heavy atom. The highest BCUT2D eigenvalue weighted by Crippen LogP contribution is 2.35. The summed E-state index contributed by atoms with van der Waals surface area (Å²) in [6.45, 7) is 8.11. The van der Waals surface area contributed by atoms with Gasteiger partial charge in [-0.2, -0.15) is 0 Å². The van der Waals surface area contributed by atoms with Crippen LogP contribution in [0.3, 0.4) is 0 Å². The summed E-state index contributed by atoms with van der Waals surface area (Å²) < 4.78 is 0. The largest absolute Gasteiger partial charge is 0.366 e. The summed E-state index contributed by atoms with van der Waals surface area (Å²) in [6.07, 6.45) is 5.17. The van der Waals surface area contributed by atoms with E-state index in [0.717, 1.165) is 38.4 Å². The third-order valence-electron chi connectivity index (χ3n) is 5.10. The zero-order chi connectivity index (χ0) is 22.3. The van der Waals surface area contributed by atoms with Crippen LogP contribution in [0.15, 0.2) is 67.5 Å². The number of carbonyl (C=O) groups excluding carboxylic acids is 1. The van der Waals surface area contributed by atoms with Gasteiger partial charge in [0, 0.05) is 45.1 Å². The number of nitrogens with zero attached hydrogens (tertiary/aromatic N) is 5. The Hall–Kier alpha value is -3.49. The van der Waals surface area contributed by atoms with Crippen molar-refractivity contribution in [3.63, 3.8) is 0 Å². The molecule has 1 amide bonds. The van der Waals surface area contributed by atoms with Gasteiger partial charge in [-0.1, -0.05) is 29.8 Å². The van der Waals surface area contributed by atoms with Crippen molar-refractivity contribution >= 4 is 40.6 Å². The molecule has 164 valence electrons. The van der Waals surface area contributed by atoms with Gasteiger partial charge in [0.15, 0.2) is 0 Å². The fourth-order valence-corrected chi connectivity index (χ4v) is 3.86. The molecule has 1 aliphatic rings. The number of anilines is 4. The van der Waals surface area contributed by atoms with Crippen LogP contribution in [0.2, 0.25) is 5.02 Å². The first-order chi connectivity index (χ1) is 15.6. The summed E-state index contributed by atoms with van der Waals surface area (Å²) in [5.74, 6) is 0.565. The van der Waals surface area contributed by atoms with E-state index in [0.29, 0.717) is 22.5 Å². The Kier molecular flexibility index (Phi) is 6.94. The minimum atomic E-state index is -0.323. The number of benzene rings is 1. The molecule has 0 saturated carbocycles. The van der Waals surface area contributed by atoms with Gasteiger partial charge in [0.1, 0.15) is 11.5 Å². The number of halogens is 1. The van der Waals surface area contributed by atoms with Crippen LogP contribution in [-0.2, 0) is 0 Å². The highest BCUT2D eigenvalue weighted by Gasteiger charge is 2.22. The maximum atomic E-state index is 13.0. The number of piperazine rings is 1. The zero-order valence-electron chi connectivity index (χ0n) is 17.5. The molecule has 2 aromatic heterocycles. The van der Waals surface area contributed by atoms with Crippen LogP contribution in [0.4, 0.5) is 23.1 Å². The van der Waals surface area contributed by atoms with Crippen LogP contribution in [0.5, 0.6) is 0 Å².